The van der Waals surface area contributed by atoms with Crippen LogP contribution in [0.15, 0.2) is 60.7 Å². The van der Waals surface area contributed by atoms with Crippen molar-refractivity contribution in [2.75, 3.05) is 13.2 Å². The van der Waals surface area contributed by atoms with Crippen molar-refractivity contribution in [2.45, 2.75) is 26.5 Å². The van der Waals surface area contributed by atoms with Crippen LogP contribution in [0.5, 0.6) is 11.5 Å². The van der Waals surface area contributed by atoms with Crippen molar-refractivity contribution in [3.8, 4) is 11.5 Å². The predicted octanol–water partition coefficient (Wildman–Crippen LogP) is 6.96. The summed E-state index contributed by atoms with van der Waals surface area (Å²) in [4.78, 5) is 0. The molecule has 6 heteroatoms. The summed E-state index contributed by atoms with van der Waals surface area (Å²) in [5.41, 5.74) is 3.18. The van der Waals surface area contributed by atoms with Crippen LogP contribution in [0.1, 0.15) is 23.6 Å². The molecule has 0 atom stereocenters. The van der Waals surface area contributed by atoms with Gasteiger partial charge in [0.2, 0.25) is 0 Å². The summed E-state index contributed by atoms with van der Waals surface area (Å²) < 4.78 is 11.7. The second-order valence-electron chi connectivity index (χ2n) is 6.80. The van der Waals surface area contributed by atoms with E-state index >= 15 is 0 Å². The van der Waals surface area contributed by atoms with E-state index in [1.807, 2.05) is 67.6 Å². The summed E-state index contributed by atoms with van der Waals surface area (Å²) >= 11 is 18.5. The third-order valence-corrected chi connectivity index (χ3v) is 5.35. The van der Waals surface area contributed by atoms with Crippen LogP contribution >= 0.6 is 34.8 Å². The Morgan fingerprint density at radius 3 is 2.30 bits per heavy atom. The van der Waals surface area contributed by atoms with E-state index in [0.29, 0.717) is 41.3 Å². The molecule has 0 saturated heterocycles. The van der Waals surface area contributed by atoms with Crippen LogP contribution in [-0.2, 0) is 19.6 Å². The fraction of sp³-hybridized carbons (Fsp3) is 0.250. The van der Waals surface area contributed by atoms with Gasteiger partial charge in [-0.05, 0) is 66.9 Å². The summed E-state index contributed by atoms with van der Waals surface area (Å²) in [5.74, 6) is 1.30. The van der Waals surface area contributed by atoms with Crippen molar-refractivity contribution >= 4 is 34.8 Å². The van der Waals surface area contributed by atoms with E-state index in [0.717, 1.165) is 29.1 Å². The van der Waals surface area contributed by atoms with Crippen molar-refractivity contribution in [1.29, 1.82) is 0 Å². The van der Waals surface area contributed by atoms with Crippen LogP contribution in [-0.4, -0.2) is 13.2 Å². The largest absolute Gasteiger partial charge is 0.490 e. The van der Waals surface area contributed by atoms with E-state index in [9.17, 15) is 0 Å². The monoisotopic (exact) mass is 463 g/mol. The molecule has 30 heavy (non-hydrogen) atoms. The normalized spacial score (nSPS) is 10.8. The maximum Gasteiger partial charge on any atom is 0.163 e. The first-order valence-electron chi connectivity index (χ1n) is 9.82. The molecule has 0 fully saturated rings. The van der Waals surface area contributed by atoms with E-state index < -0.39 is 0 Å². The average molecular weight is 465 g/mol. The lowest BCUT2D eigenvalue weighted by Crippen LogP contribution is -2.17. The Balaban J connectivity index is 1.60. The van der Waals surface area contributed by atoms with E-state index in [2.05, 4.69) is 5.32 Å². The van der Waals surface area contributed by atoms with Crippen molar-refractivity contribution in [2.24, 2.45) is 0 Å². The fourth-order valence-electron chi connectivity index (χ4n) is 2.99. The molecule has 0 aromatic heterocycles. The number of benzene rings is 3. The highest BCUT2D eigenvalue weighted by molar-refractivity contribution is 6.31. The van der Waals surface area contributed by atoms with E-state index in [-0.39, 0.29) is 0 Å². The minimum atomic E-state index is 0.385. The molecule has 0 aliphatic heterocycles. The fourth-order valence-corrected chi connectivity index (χ4v) is 3.55. The van der Waals surface area contributed by atoms with Crippen LogP contribution in [0.25, 0.3) is 0 Å². The SMILES string of the molecule is CCOc1cc(CNCCc2ccc(Cl)cc2)c(Cl)cc1OCc1cccc(Cl)c1. The number of hydrogen-bond acceptors (Lipinski definition) is 3. The molecule has 0 aliphatic rings. The second kappa shape index (κ2) is 11.5. The van der Waals surface area contributed by atoms with E-state index in [1.54, 1.807) is 0 Å². The molecule has 0 saturated carbocycles. The van der Waals surface area contributed by atoms with Gasteiger partial charge in [-0.3, -0.25) is 0 Å². The number of nitrogens with one attached hydrogen (secondary N) is 1. The average Bonchev–Trinajstić information content (AvgIpc) is 2.73. The van der Waals surface area contributed by atoms with Gasteiger partial charge in [0.05, 0.1) is 6.61 Å². The van der Waals surface area contributed by atoms with Gasteiger partial charge in [-0.15, -0.1) is 0 Å². The minimum absolute atomic E-state index is 0.385. The molecule has 1 N–H and O–H groups in total. The number of rotatable bonds is 10. The smallest absolute Gasteiger partial charge is 0.163 e. The molecule has 0 amide bonds. The zero-order valence-corrected chi connectivity index (χ0v) is 19.0. The van der Waals surface area contributed by atoms with Gasteiger partial charge in [-0.2, -0.15) is 0 Å². The molecule has 0 radical (unpaired) electrons. The Morgan fingerprint density at radius 1 is 0.800 bits per heavy atom. The molecule has 0 aliphatic carbocycles. The quantitative estimate of drug-likeness (QED) is 0.329. The van der Waals surface area contributed by atoms with E-state index in [4.69, 9.17) is 44.3 Å². The second-order valence-corrected chi connectivity index (χ2v) is 8.08. The van der Waals surface area contributed by atoms with Gasteiger partial charge in [-0.25, -0.2) is 0 Å². The Labute approximate surface area is 192 Å². The lowest BCUT2D eigenvalue weighted by molar-refractivity contribution is 0.269. The third kappa shape index (κ3) is 6.82. The lowest BCUT2D eigenvalue weighted by Gasteiger charge is -2.15. The molecule has 3 aromatic rings. The molecular weight excluding hydrogens is 441 g/mol. The zero-order chi connectivity index (χ0) is 21.3. The van der Waals surface area contributed by atoms with Gasteiger partial charge in [0.25, 0.3) is 0 Å². The van der Waals surface area contributed by atoms with Gasteiger partial charge in [-0.1, -0.05) is 59.1 Å². The topological polar surface area (TPSA) is 30.5 Å². The Hall–Kier alpha value is -1.91. The molecule has 3 nitrogen and oxygen atoms in total. The molecule has 0 spiro atoms. The zero-order valence-electron chi connectivity index (χ0n) is 16.8. The van der Waals surface area contributed by atoms with Crippen LogP contribution in [0.3, 0.4) is 0 Å². The van der Waals surface area contributed by atoms with Gasteiger partial charge >= 0.3 is 0 Å². The standard InChI is InChI=1S/C24H24Cl3NO2/c1-2-29-23-13-19(15-28-11-10-17-6-8-20(25)9-7-17)22(27)14-24(23)30-16-18-4-3-5-21(26)12-18/h3-9,12-14,28H,2,10-11,15-16H2,1H3. The third-order valence-electron chi connectivity index (χ3n) is 4.52. The first kappa shape index (κ1) is 22.8. The van der Waals surface area contributed by atoms with Crippen molar-refractivity contribution in [1.82, 2.24) is 5.32 Å². The van der Waals surface area contributed by atoms with Gasteiger partial charge in [0, 0.05) is 27.7 Å². The summed E-state index contributed by atoms with van der Waals surface area (Å²) in [5, 5.41) is 5.50. The predicted molar refractivity (Wildman–Crippen MR) is 125 cm³/mol. The maximum absolute atomic E-state index is 6.51. The lowest BCUT2D eigenvalue weighted by atomic mass is 10.1. The highest BCUT2D eigenvalue weighted by atomic mass is 35.5. The number of hydrogen-bond donors (Lipinski definition) is 1. The highest BCUT2D eigenvalue weighted by Gasteiger charge is 2.12. The molecule has 3 rings (SSSR count). The van der Waals surface area contributed by atoms with Crippen LogP contribution < -0.4 is 14.8 Å². The highest BCUT2D eigenvalue weighted by Crippen LogP contribution is 2.34. The minimum Gasteiger partial charge on any atom is -0.490 e. The van der Waals surface area contributed by atoms with Crippen molar-refractivity contribution in [3.63, 3.8) is 0 Å². The van der Waals surface area contributed by atoms with E-state index in [1.165, 1.54) is 5.56 Å². The Bertz CT molecular complexity index is 961. The Kier molecular flexibility index (Phi) is 8.71. The molecule has 0 bridgehead atoms. The molecular formula is C24H24Cl3NO2. The van der Waals surface area contributed by atoms with Crippen molar-refractivity contribution < 1.29 is 9.47 Å². The van der Waals surface area contributed by atoms with Gasteiger partial charge < -0.3 is 14.8 Å². The van der Waals surface area contributed by atoms with Gasteiger partial charge in [0.1, 0.15) is 6.61 Å². The first-order chi connectivity index (χ1) is 14.5. The number of halogens is 3. The van der Waals surface area contributed by atoms with Crippen molar-refractivity contribution in [3.05, 3.63) is 92.4 Å². The van der Waals surface area contributed by atoms with Gasteiger partial charge in [0.15, 0.2) is 11.5 Å². The molecule has 0 heterocycles. The Morgan fingerprint density at radius 2 is 1.57 bits per heavy atom. The summed E-state index contributed by atoms with van der Waals surface area (Å²) in [6, 6.07) is 19.2. The summed E-state index contributed by atoms with van der Waals surface area (Å²) in [6.45, 7) is 4.34. The number of ether oxygens (including phenoxy) is 2. The molecule has 3 aromatic carbocycles. The summed E-state index contributed by atoms with van der Waals surface area (Å²) in [6.07, 6.45) is 0.911. The first-order valence-corrected chi connectivity index (χ1v) is 11.0. The maximum atomic E-state index is 6.51. The molecule has 158 valence electrons. The summed E-state index contributed by atoms with van der Waals surface area (Å²) in [7, 11) is 0. The van der Waals surface area contributed by atoms with Crippen LogP contribution in [0.2, 0.25) is 15.1 Å². The van der Waals surface area contributed by atoms with Crippen LogP contribution in [0.4, 0.5) is 0 Å². The molecule has 0 unspecified atom stereocenters. The van der Waals surface area contributed by atoms with Crippen LogP contribution in [0, 0.1) is 0 Å².